The molecule has 0 radical (unpaired) electrons. The van der Waals surface area contributed by atoms with Gasteiger partial charge in [0.15, 0.2) is 12.2 Å². The number of halogens is 6. The van der Waals surface area contributed by atoms with Gasteiger partial charge in [-0.2, -0.15) is 26.3 Å². The summed E-state index contributed by atoms with van der Waals surface area (Å²) in [5, 5.41) is 8.02. The molecule has 0 saturated carbocycles. The molecule has 4 nitrogen and oxygen atoms in total. The van der Waals surface area contributed by atoms with E-state index in [0.29, 0.717) is 0 Å². The summed E-state index contributed by atoms with van der Waals surface area (Å²) in [4.78, 5) is 0. The SMILES string of the molecule is CO[C@H](CO)C(F)(F)F.CO[C@H](COCc1ccccc1)C(F)(F)F. The highest BCUT2D eigenvalue weighted by Crippen LogP contribution is 2.23. The molecule has 0 saturated heterocycles. The number of alkyl halides is 6. The van der Waals surface area contributed by atoms with Gasteiger partial charge in [0.2, 0.25) is 0 Å². The Balaban J connectivity index is 0.000000547. The lowest BCUT2D eigenvalue weighted by molar-refractivity contribution is -0.227. The van der Waals surface area contributed by atoms with Gasteiger partial charge in [-0.1, -0.05) is 30.3 Å². The van der Waals surface area contributed by atoms with E-state index in [2.05, 4.69) is 9.47 Å². The normalized spacial score (nSPS) is 14.4. The molecule has 1 aromatic carbocycles. The van der Waals surface area contributed by atoms with Crippen LogP contribution in [0.3, 0.4) is 0 Å². The predicted molar refractivity (Wildman–Crippen MR) is 76.9 cm³/mol. The van der Waals surface area contributed by atoms with Crippen LogP contribution in [0.4, 0.5) is 26.3 Å². The second-order valence-electron chi connectivity index (χ2n) is 4.72. The van der Waals surface area contributed by atoms with Gasteiger partial charge in [-0.3, -0.25) is 0 Å². The van der Waals surface area contributed by atoms with Crippen molar-refractivity contribution < 1.29 is 45.7 Å². The maximum absolute atomic E-state index is 12.2. The molecular formula is C15H20F6O4. The zero-order valence-corrected chi connectivity index (χ0v) is 13.6. The first kappa shape index (κ1) is 23.6. The van der Waals surface area contributed by atoms with E-state index in [9.17, 15) is 26.3 Å². The summed E-state index contributed by atoms with van der Waals surface area (Å²) in [5.41, 5.74) is 0.833. The summed E-state index contributed by atoms with van der Waals surface area (Å²) in [5.74, 6) is 0. The zero-order chi connectivity index (χ0) is 19.5. The predicted octanol–water partition coefficient (Wildman–Crippen LogP) is 3.34. The minimum absolute atomic E-state index is 0.150. The van der Waals surface area contributed by atoms with Crippen molar-refractivity contribution in [2.45, 2.75) is 31.2 Å². The Bertz CT molecular complexity index is 446. The molecule has 2 atom stereocenters. The van der Waals surface area contributed by atoms with Crippen LogP contribution < -0.4 is 0 Å². The molecule has 0 bridgehead atoms. The topological polar surface area (TPSA) is 47.9 Å². The number of hydrogen-bond donors (Lipinski definition) is 1. The van der Waals surface area contributed by atoms with Gasteiger partial charge in [0, 0.05) is 14.2 Å². The van der Waals surface area contributed by atoms with Gasteiger partial charge in [-0.25, -0.2) is 0 Å². The Morgan fingerprint density at radius 1 is 0.880 bits per heavy atom. The number of methoxy groups -OCH3 is 2. The number of rotatable bonds is 7. The molecule has 0 aliphatic heterocycles. The fourth-order valence-electron chi connectivity index (χ4n) is 1.47. The van der Waals surface area contributed by atoms with E-state index in [4.69, 9.17) is 9.84 Å². The molecule has 1 aromatic rings. The van der Waals surface area contributed by atoms with Gasteiger partial charge in [0.25, 0.3) is 0 Å². The summed E-state index contributed by atoms with van der Waals surface area (Å²) < 4.78 is 84.2. The third-order valence-electron chi connectivity index (χ3n) is 2.85. The lowest BCUT2D eigenvalue weighted by Gasteiger charge is -2.18. The highest BCUT2D eigenvalue weighted by molar-refractivity contribution is 5.13. The fourth-order valence-corrected chi connectivity index (χ4v) is 1.47. The van der Waals surface area contributed by atoms with Crippen LogP contribution in [-0.2, 0) is 20.8 Å². The number of benzene rings is 1. The van der Waals surface area contributed by atoms with E-state index in [-0.39, 0.29) is 6.61 Å². The Hall–Kier alpha value is -1.36. The summed E-state index contributed by atoms with van der Waals surface area (Å²) in [6.45, 7) is -1.37. The van der Waals surface area contributed by atoms with Gasteiger partial charge >= 0.3 is 12.4 Å². The summed E-state index contributed by atoms with van der Waals surface area (Å²) in [6.07, 6.45) is -12.7. The highest BCUT2D eigenvalue weighted by atomic mass is 19.4. The van der Waals surface area contributed by atoms with Gasteiger partial charge in [-0.15, -0.1) is 0 Å². The summed E-state index contributed by atoms with van der Waals surface area (Å²) in [6, 6.07) is 9.01. The Morgan fingerprint density at radius 2 is 1.36 bits per heavy atom. The van der Waals surface area contributed by atoms with Crippen molar-refractivity contribution in [2.75, 3.05) is 27.4 Å². The molecule has 0 spiro atoms. The first-order valence-corrected chi connectivity index (χ1v) is 6.97. The number of aliphatic hydroxyl groups excluding tert-OH is 1. The van der Waals surface area contributed by atoms with Crippen molar-refractivity contribution in [3.05, 3.63) is 35.9 Å². The van der Waals surface area contributed by atoms with Crippen molar-refractivity contribution in [1.82, 2.24) is 0 Å². The highest BCUT2D eigenvalue weighted by Gasteiger charge is 2.40. The maximum Gasteiger partial charge on any atom is 0.416 e. The average Bonchev–Trinajstić information content (AvgIpc) is 2.52. The number of aliphatic hydroxyl groups is 1. The molecule has 146 valence electrons. The molecule has 0 aromatic heterocycles. The van der Waals surface area contributed by atoms with E-state index in [1.165, 1.54) is 0 Å². The average molecular weight is 378 g/mol. The molecule has 0 fully saturated rings. The molecule has 1 N–H and O–H groups in total. The van der Waals surface area contributed by atoms with Crippen LogP contribution >= 0.6 is 0 Å². The lowest BCUT2D eigenvalue weighted by Crippen LogP contribution is -2.34. The van der Waals surface area contributed by atoms with E-state index >= 15 is 0 Å². The van der Waals surface area contributed by atoms with E-state index in [1.54, 1.807) is 24.3 Å². The third-order valence-corrected chi connectivity index (χ3v) is 2.85. The van der Waals surface area contributed by atoms with Crippen molar-refractivity contribution in [1.29, 1.82) is 0 Å². The monoisotopic (exact) mass is 378 g/mol. The zero-order valence-electron chi connectivity index (χ0n) is 13.6. The molecule has 0 heterocycles. The molecule has 25 heavy (non-hydrogen) atoms. The van der Waals surface area contributed by atoms with Crippen LogP contribution in [0.15, 0.2) is 30.3 Å². The number of hydrogen-bond acceptors (Lipinski definition) is 4. The Morgan fingerprint density at radius 3 is 1.68 bits per heavy atom. The number of ether oxygens (including phenoxy) is 3. The van der Waals surface area contributed by atoms with Crippen LogP contribution in [0.2, 0.25) is 0 Å². The van der Waals surface area contributed by atoms with Crippen LogP contribution in [0, 0.1) is 0 Å². The third kappa shape index (κ3) is 10.3. The second kappa shape index (κ2) is 11.3. The molecule has 0 aliphatic carbocycles. The minimum Gasteiger partial charge on any atom is -0.393 e. The largest absolute Gasteiger partial charge is 0.416 e. The van der Waals surface area contributed by atoms with Gasteiger partial charge < -0.3 is 19.3 Å². The summed E-state index contributed by atoms with van der Waals surface area (Å²) in [7, 11) is 1.92. The summed E-state index contributed by atoms with van der Waals surface area (Å²) >= 11 is 0. The standard InChI is InChI=1S/C11H13F3O2.C4H7F3O2/c1-15-10(11(12,13)14)8-16-7-9-5-3-2-4-6-9;1-9-3(2-8)4(5,6)7/h2-6,10H,7-8H2,1H3;3,8H,2H2,1H3/t10-;3-/m11/s1. The minimum atomic E-state index is -4.45. The molecule has 10 heteroatoms. The van der Waals surface area contributed by atoms with Crippen molar-refractivity contribution in [3.63, 3.8) is 0 Å². The van der Waals surface area contributed by atoms with Crippen molar-refractivity contribution >= 4 is 0 Å². The van der Waals surface area contributed by atoms with Crippen LogP contribution in [0.25, 0.3) is 0 Å². The molecular weight excluding hydrogens is 358 g/mol. The van der Waals surface area contributed by atoms with E-state index in [1.807, 2.05) is 6.07 Å². The van der Waals surface area contributed by atoms with Crippen LogP contribution in [-0.4, -0.2) is 57.1 Å². The van der Waals surface area contributed by atoms with Crippen LogP contribution in [0.1, 0.15) is 5.56 Å². The maximum atomic E-state index is 12.2. The Labute approximate surface area is 141 Å². The van der Waals surface area contributed by atoms with Crippen LogP contribution in [0.5, 0.6) is 0 Å². The van der Waals surface area contributed by atoms with Gasteiger partial charge in [0.1, 0.15) is 0 Å². The van der Waals surface area contributed by atoms with E-state index in [0.717, 1.165) is 19.8 Å². The van der Waals surface area contributed by atoms with Crippen molar-refractivity contribution in [3.8, 4) is 0 Å². The van der Waals surface area contributed by atoms with Gasteiger partial charge in [0.05, 0.1) is 19.8 Å². The Kier molecular flexibility index (Phi) is 10.7. The molecule has 0 amide bonds. The second-order valence-corrected chi connectivity index (χ2v) is 4.72. The lowest BCUT2D eigenvalue weighted by atomic mass is 10.2. The molecule has 1 rings (SSSR count). The first-order chi connectivity index (χ1) is 11.6. The quantitative estimate of drug-likeness (QED) is 0.740. The molecule has 0 aliphatic rings. The van der Waals surface area contributed by atoms with E-state index < -0.39 is 37.8 Å². The van der Waals surface area contributed by atoms with Gasteiger partial charge in [-0.05, 0) is 5.56 Å². The fraction of sp³-hybridized carbons (Fsp3) is 0.600. The first-order valence-electron chi connectivity index (χ1n) is 6.97. The van der Waals surface area contributed by atoms with Crippen molar-refractivity contribution in [2.24, 2.45) is 0 Å². The smallest absolute Gasteiger partial charge is 0.393 e. The molecule has 0 unspecified atom stereocenters.